The lowest BCUT2D eigenvalue weighted by Crippen LogP contribution is -2.37. The van der Waals surface area contributed by atoms with Crippen LogP contribution in [0.5, 0.6) is 23.0 Å². The maximum atomic E-state index is 13.1. The first-order valence-electron chi connectivity index (χ1n) is 9.59. The Bertz CT molecular complexity index is 1210. The van der Waals surface area contributed by atoms with Crippen molar-refractivity contribution in [3.05, 3.63) is 33.8 Å². The number of thiophene rings is 1. The van der Waals surface area contributed by atoms with Crippen LogP contribution in [-0.4, -0.2) is 39.0 Å². The monoisotopic (exact) mass is 443 g/mol. The second-order valence-electron chi connectivity index (χ2n) is 7.16. The average Bonchev–Trinajstić information content (AvgIpc) is 3.36. The fraction of sp³-hybridized carbons (Fsp3) is 0.333. The van der Waals surface area contributed by atoms with E-state index in [1.165, 1.54) is 18.4 Å². The summed E-state index contributed by atoms with van der Waals surface area (Å²) >= 11 is 1.36. The molecule has 31 heavy (non-hydrogen) atoms. The number of amides is 1. The van der Waals surface area contributed by atoms with Crippen LogP contribution in [0.25, 0.3) is 10.2 Å². The normalized spacial score (nSPS) is 16.6. The highest BCUT2D eigenvalue weighted by molar-refractivity contribution is 7.21. The molecule has 1 aromatic carbocycles. The van der Waals surface area contributed by atoms with Gasteiger partial charge in [0, 0.05) is 23.8 Å². The van der Waals surface area contributed by atoms with E-state index < -0.39 is 6.17 Å². The number of carbonyl (C=O) groups excluding carboxylic acids is 1. The molecule has 0 saturated heterocycles. The highest BCUT2D eigenvalue weighted by atomic mass is 32.1. The molecular weight excluding hydrogens is 422 g/mol. The standard InChI is InChI=1S/C21H21N3O6S/c1-9-5-10(7-26-2)13-14-18(31-21(13)22-9)20(25)24-19(23-14)11-6-12-16(30-8-29-12)17(28-4)15(11)27-3/h5-6,19,23H,7-8H2,1-4H3,(H,24,25). The average molecular weight is 443 g/mol. The molecule has 2 aliphatic rings. The van der Waals surface area contributed by atoms with Crippen LogP contribution in [0.15, 0.2) is 12.1 Å². The summed E-state index contributed by atoms with van der Waals surface area (Å²) in [5.74, 6) is 1.69. The van der Waals surface area contributed by atoms with Gasteiger partial charge in [-0.1, -0.05) is 0 Å². The molecule has 2 N–H and O–H groups in total. The summed E-state index contributed by atoms with van der Waals surface area (Å²) < 4.78 is 27.6. The highest BCUT2D eigenvalue weighted by Crippen LogP contribution is 2.51. The van der Waals surface area contributed by atoms with Crippen LogP contribution in [-0.2, 0) is 11.3 Å². The van der Waals surface area contributed by atoms with Crippen LogP contribution < -0.4 is 29.6 Å². The molecule has 1 unspecified atom stereocenters. The fourth-order valence-electron chi connectivity index (χ4n) is 4.04. The Morgan fingerprint density at radius 1 is 1.16 bits per heavy atom. The van der Waals surface area contributed by atoms with E-state index in [9.17, 15) is 4.79 Å². The van der Waals surface area contributed by atoms with Crippen molar-refractivity contribution in [1.29, 1.82) is 0 Å². The molecule has 0 bridgehead atoms. The molecular formula is C21H21N3O6S. The number of aryl methyl sites for hydroxylation is 1. The van der Waals surface area contributed by atoms with Crippen molar-refractivity contribution in [2.75, 3.05) is 33.4 Å². The Labute approximate surface area is 182 Å². The Morgan fingerprint density at radius 2 is 1.97 bits per heavy atom. The lowest BCUT2D eigenvalue weighted by atomic mass is 10.0. The Hall–Kier alpha value is -3.24. The van der Waals surface area contributed by atoms with Gasteiger partial charge in [-0.05, 0) is 24.6 Å². The van der Waals surface area contributed by atoms with E-state index in [0.29, 0.717) is 40.0 Å². The second-order valence-corrected chi connectivity index (χ2v) is 8.16. The quantitative estimate of drug-likeness (QED) is 0.619. The summed E-state index contributed by atoms with van der Waals surface area (Å²) in [7, 11) is 4.72. The van der Waals surface area contributed by atoms with Gasteiger partial charge in [0.05, 0.1) is 26.5 Å². The zero-order chi connectivity index (χ0) is 21.7. The minimum absolute atomic E-state index is 0.0907. The molecule has 5 rings (SSSR count). The van der Waals surface area contributed by atoms with Crippen molar-refractivity contribution in [2.45, 2.75) is 19.7 Å². The summed E-state index contributed by atoms with van der Waals surface area (Å²) in [5, 5.41) is 7.34. The smallest absolute Gasteiger partial charge is 0.265 e. The number of hydrogen-bond donors (Lipinski definition) is 2. The maximum Gasteiger partial charge on any atom is 0.265 e. The summed E-state index contributed by atoms with van der Waals surface area (Å²) in [6, 6.07) is 3.77. The molecule has 2 aromatic heterocycles. The summed E-state index contributed by atoms with van der Waals surface area (Å²) in [6.45, 7) is 2.43. The van der Waals surface area contributed by atoms with Crippen molar-refractivity contribution in [2.24, 2.45) is 0 Å². The number of rotatable bonds is 5. The van der Waals surface area contributed by atoms with Gasteiger partial charge < -0.3 is 34.3 Å². The summed E-state index contributed by atoms with van der Waals surface area (Å²) in [4.78, 5) is 19.0. The van der Waals surface area contributed by atoms with Gasteiger partial charge in [0.25, 0.3) is 5.91 Å². The van der Waals surface area contributed by atoms with Crippen LogP contribution in [0.2, 0.25) is 0 Å². The molecule has 10 heteroatoms. The minimum Gasteiger partial charge on any atom is -0.492 e. The predicted molar refractivity (Wildman–Crippen MR) is 115 cm³/mol. The van der Waals surface area contributed by atoms with Crippen molar-refractivity contribution in [3.63, 3.8) is 0 Å². The lowest BCUT2D eigenvalue weighted by Gasteiger charge is -2.28. The van der Waals surface area contributed by atoms with E-state index in [0.717, 1.165) is 27.2 Å². The Kier molecular flexibility index (Phi) is 4.75. The third-order valence-corrected chi connectivity index (χ3v) is 6.35. The van der Waals surface area contributed by atoms with Crippen LogP contribution in [0.4, 0.5) is 5.69 Å². The molecule has 2 aliphatic heterocycles. The van der Waals surface area contributed by atoms with Crippen LogP contribution in [0.3, 0.4) is 0 Å². The Balaban J connectivity index is 1.66. The molecule has 9 nitrogen and oxygen atoms in total. The van der Waals surface area contributed by atoms with Gasteiger partial charge in [0.2, 0.25) is 18.3 Å². The first-order chi connectivity index (χ1) is 15.0. The van der Waals surface area contributed by atoms with E-state index in [2.05, 4.69) is 15.6 Å². The highest BCUT2D eigenvalue weighted by Gasteiger charge is 2.35. The summed E-state index contributed by atoms with van der Waals surface area (Å²) in [6.07, 6.45) is -0.576. The number of benzene rings is 1. The number of hydrogen-bond acceptors (Lipinski definition) is 9. The van der Waals surface area contributed by atoms with Crippen molar-refractivity contribution in [3.8, 4) is 23.0 Å². The number of methoxy groups -OCH3 is 3. The molecule has 162 valence electrons. The van der Waals surface area contributed by atoms with Gasteiger partial charge in [-0.3, -0.25) is 4.79 Å². The lowest BCUT2D eigenvalue weighted by molar-refractivity contribution is 0.0939. The molecule has 0 spiro atoms. The van der Waals surface area contributed by atoms with Gasteiger partial charge in [-0.25, -0.2) is 4.98 Å². The number of nitrogens with zero attached hydrogens (tertiary/aromatic N) is 1. The number of fused-ring (bicyclic) bond motifs is 4. The number of ether oxygens (including phenoxy) is 5. The van der Waals surface area contributed by atoms with E-state index >= 15 is 0 Å². The fourth-order valence-corrected chi connectivity index (χ4v) is 5.17. The molecule has 0 saturated carbocycles. The van der Waals surface area contributed by atoms with Gasteiger partial charge in [-0.15, -0.1) is 11.3 Å². The first kappa shape index (κ1) is 19.7. The molecule has 4 heterocycles. The molecule has 1 amide bonds. The van der Waals surface area contributed by atoms with E-state index in [-0.39, 0.29) is 12.7 Å². The molecule has 0 radical (unpaired) electrons. The summed E-state index contributed by atoms with van der Waals surface area (Å²) in [5.41, 5.74) is 3.23. The van der Waals surface area contributed by atoms with Crippen molar-refractivity contribution >= 4 is 33.1 Å². The SMILES string of the molecule is COCc1cc(C)nc2sc3c(c12)NC(c1cc2c(c(OC)c1OC)OCO2)NC3=O. The molecule has 0 fully saturated rings. The largest absolute Gasteiger partial charge is 0.492 e. The van der Waals surface area contributed by atoms with E-state index in [4.69, 9.17) is 23.7 Å². The van der Waals surface area contributed by atoms with Gasteiger partial charge in [0.15, 0.2) is 11.5 Å². The topological polar surface area (TPSA) is 100 Å². The molecule has 3 aromatic rings. The van der Waals surface area contributed by atoms with Crippen LogP contribution in [0.1, 0.15) is 32.7 Å². The number of pyridine rings is 1. The van der Waals surface area contributed by atoms with E-state index in [1.54, 1.807) is 20.3 Å². The minimum atomic E-state index is -0.576. The molecule has 0 aliphatic carbocycles. The number of carbonyl (C=O) groups is 1. The molecule has 1 atom stereocenters. The number of anilines is 1. The predicted octanol–water partition coefficient (Wildman–Crippen LogP) is 3.35. The Morgan fingerprint density at radius 3 is 2.71 bits per heavy atom. The number of aromatic nitrogens is 1. The van der Waals surface area contributed by atoms with Crippen molar-refractivity contribution < 1.29 is 28.5 Å². The third kappa shape index (κ3) is 3.02. The van der Waals surface area contributed by atoms with Crippen LogP contribution >= 0.6 is 11.3 Å². The zero-order valence-corrected chi connectivity index (χ0v) is 18.3. The van der Waals surface area contributed by atoms with Crippen LogP contribution in [0, 0.1) is 6.92 Å². The van der Waals surface area contributed by atoms with Gasteiger partial charge in [-0.2, -0.15) is 0 Å². The second kappa shape index (κ2) is 7.47. The van der Waals surface area contributed by atoms with Gasteiger partial charge in [0.1, 0.15) is 15.9 Å². The maximum absolute atomic E-state index is 13.1. The first-order valence-corrected chi connectivity index (χ1v) is 10.4. The third-order valence-electron chi connectivity index (χ3n) is 5.26. The zero-order valence-electron chi connectivity index (χ0n) is 17.5. The van der Waals surface area contributed by atoms with Gasteiger partial charge >= 0.3 is 0 Å². The van der Waals surface area contributed by atoms with E-state index in [1.807, 2.05) is 13.0 Å². The van der Waals surface area contributed by atoms with Crippen molar-refractivity contribution in [1.82, 2.24) is 10.3 Å². The number of nitrogens with one attached hydrogen (secondary N) is 2.